The van der Waals surface area contributed by atoms with Gasteiger partial charge in [0, 0.05) is 31.3 Å². The summed E-state index contributed by atoms with van der Waals surface area (Å²) in [7, 11) is 1.60. The smallest absolute Gasteiger partial charge is 0.225 e. The molecule has 0 saturated carbocycles. The number of aliphatic hydroxyl groups excluding tert-OH is 1. The summed E-state index contributed by atoms with van der Waals surface area (Å²) in [6.45, 7) is 1.54. The van der Waals surface area contributed by atoms with Crippen molar-refractivity contribution in [1.82, 2.24) is 4.90 Å². The second kappa shape index (κ2) is 8.14. The van der Waals surface area contributed by atoms with Crippen LogP contribution in [0.4, 0.5) is 5.69 Å². The molecule has 1 amide bonds. The number of carbonyl (C=O) groups excluding carboxylic acids is 1. The number of nitrogens with one attached hydrogen (secondary N) is 1. The molecule has 5 heteroatoms. The van der Waals surface area contributed by atoms with Crippen LogP contribution in [0.3, 0.4) is 0 Å². The molecule has 1 unspecified atom stereocenters. The highest BCUT2D eigenvalue weighted by Gasteiger charge is 2.26. The Morgan fingerprint density at radius 2 is 2.12 bits per heavy atom. The van der Waals surface area contributed by atoms with Gasteiger partial charge in [0.25, 0.3) is 0 Å². The molecule has 0 saturated heterocycles. The van der Waals surface area contributed by atoms with E-state index < -0.39 is 0 Å². The van der Waals surface area contributed by atoms with Gasteiger partial charge >= 0.3 is 0 Å². The highest BCUT2D eigenvalue weighted by Crippen LogP contribution is 2.29. The fourth-order valence-corrected chi connectivity index (χ4v) is 3.35. The van der Waals surface area contributed by atoms with E-state index in [0.717, 1.165) is 18.7 Å². The van der Waals surface area contributed by atoms with Crippen LogP contribution in [0.1, 0.15) is 23.6 Å². The van der Waals surface area contributed by atoms with Crippen molar-refractivity contribution in [1.29, 1.82) is 0 Å². The van der Waals surface area contributed by atoms with E-state index in [9.17, 15) is 9.90 Å². The minimum absolute atomic E-state index is 0.0328. The van der Waals surface area contributed by atoms with Crippen molar-refractivity contribution in [3.8, 4) is 5.75 Å². The summed E-state index contributed by atoms with van der Waals surface area (Å²) >= 11 is 0. The van der Waals surface area contributed by atoms with E-state index in [1.165, 1.54) is 11.1 Å². The summed E-state index contributed by atoms with van der Waals surface area (Å²) in [5, 5.41) is 12.7. The monoisotopic (exact) mass is 340 g/mol. The minimum atomic E-state index is -0.0381. The normalized spacial score (nSPS) is 17.0. The average Bonchev–Trinajstić information content (AvgIpc) is 2.66. The van der Waals surface area contributed by atoms with E-state index in [1.54, 1.807) is 13.2 Å². The first-order valence-corrected chi connectivity index (χ1v) is 8.58. The number of amides is 1. The van der Waals surface area contributed by atoms with E-state index in [4.69, 9.17) is 4.74 Å². The third-order valence-corrected chi connectivity index (χ3v) is 4.68. The molecule has 2 aromatic rings. The largest absolute Gasteiger partial charge is 0.497 e. The third kappa shape index (κ3) is 4.18. The second-order valence-corrected chi connectivity index (χ2v) is 6.21. The lowest BCUT2D eigenvalue weighted by Gasteiger charge is -2.36. The summed E-state index contributed by atoms with van der Waals surface area (Å²) in [5.41, 5.74) is 3.19. The van der Waals surface area contributed by atoms with Gasteiger partial charge in [-0.1, -0.05) is 30.3 Å². The second-order valence-electron chi connectivity index (χ2n) is 6.21. The van der Waals surface area contributed by atoms with Crippen molar-refractivity contribution in [2.75, 3.05) is 32.1 Å². The number of anilines is 1. The Labute approximate surface area is 148 Å². The molecule has 132 valence electrons. The van der Waals surface area contributed by atoms with Gasteiger partial charge in [-0.05, 0) is 29.7 Å². The number of aliphatic hydroxyl groups is 1. The maximum absolute atomic E-state index is 12.3. The van der Waals surface area contributed by atoms with Gasteiger partial charge in [0.05, 0.1) is 19.8 Å². The van der Waals surface area contributed by atoms with Crippen LogP contribution in [0, 0.1) is 0 Å². The molecule has 2 N–H and O–H groups in total. The molecular formula is C20H24N2O3. The van der Waals surface area contributed by atoms with E-state index in [1.807, 2.05) is 30.3 Å². The molecule has 1 aliphatic rings. The first kappa shape index (κ1) is 17.5. The number of benzene rings is 2. The van der Waals surface area contributed by atoms with Crippen molar-refractivity contribution in [3.63, 3.8) is 0 Å². The lowest BCUT2D eigenvalue weighted by atomic mass is 9.93. The third-order valence-electron chi connectivity index (χ3n) is 4.68. The number of carbonyl (C=O) groups is 1. The Morgan fingerprint density at radius 1 is 1.28 bits per heavy atom. The Kier molecular flexibility index (Phi) is 5.68. The van der Waals surface area contributed by atoms with Gasteiger partial charge in [0.1, 0.15) is 5.75 Å². The minimum Gasteiger partial charge on any atom is -0.497 e. The average molecular weight is 340 g/mol. The number of hydrogen-bond acceptors (Lipinski definition) is 4. The van der Waals surface area contributed by atoms with Crippen LogP contribution < -0.4 is 10.1 Å². The summed E-state index contributed by atoms with van der Waals surface area (Å²) in [5.74, 6) is 0.676. The highest BCUT2D eigenvalue weighted by atomic mass is 16.5. The molecule has 1 atom stereocenters. The Hall–Kier alpha value is -2.37. The lowest BCUT2D eigenvalue weighted by Crippen LogP contribution is -2.39. The number of nitrogens with zero attached hydrogens (tertiary/aromatic N) is 1. The zero-order valence-electron chi connectivity index (χ0n) is 14.4. The Morgan fingerprint density at radius 3 is 2.92 bits per heavy atom. The highest BCUT2D eigenvalue weighted by molar-refractivity contribution is 5.91. The zero-order valence-corrected chi connectivity index (χ0v) is 14.4. The molecule has 0 bridgehead atoms. The number of methoxy groups -OCH3 is 1. The summed E-state index contributed by atoms with van der Waals surface area (Å²) in [6, 6.07) is 15.5. The van der Waals surface area contributed by atoms with Gasteiger partial charge in [-0.15, -0.1) is 0 Å². The molecule has 1 aliphatic heterocycles. The van der Waals surface area contributed by atoms with Crippen LogP contribution in [0.25, 0.3) is 0 Å². The van der Waals surface area contributed by atoms with Crippen molar-refractivity contribution >= 4 is 11.6 Å². The van der Waals surface area contributed by atoms with Gasteiger partial charge in [-0.2, -0.15) is 0 Å². The maximum atomic E-state index is 12.3. The van der Waals surface area contributed by atoms with Crippen molar-refractivity contribution in [3.05, 3.63) is 59.7 Å². The van der Waals surface area contributed by atoms with E-state index in [-0.39, 0.29) is 18.6 Å². The predicted octanol–water partition coefficient (Wildman–Crippen LogP) is 2.62. The standard InChI is InChI=1S/C20H24N2O3/c1-25-17-7-4-6-16(13-17)21-20(24)10-12-22-11-9-15-5-2-3-8-18(15)19(22)14-23/h2-8,13,19,23H,9-12,14H2,1H3,(H,21,24). The fourth-order valence-electron chi connectivity index (χ4n) is 3.35. The van der Waals surface area contributed by atoms with Gasteiger partial charge < -0.3 is 15.2 Å². The van der Waals surface area contributed by atoms with Crippen LogP contribution in [0.15, 0.2) is 48.5 Å². The summed E-state index contributed by atoms with van der Waals surface area (Å²) in [6.07, 6.45) is 1.33. The molecule has 0 spiro atoms. The van der Waals surface area contributed by atoms with E-state index in [2.05, 4.69) is 22.3 Å². The molecule has 3 rings (SSSR count). The van der Waals surface area contributed by atoms with Gasteiger partial charge in [-0.25, -0.2) is 0 Å². The van der Waals surface area contributed by atoms with Crippen LogP contribution in [-0.4, -0.2) is 42.7 Å². The van der Waals surface area contributed by atoms with Gasteiger partial charge in [0.15, 0.2) is 0 Å². The molecule has 0 aliphatic carbocycles. The fraction of sp³-hybridized carbons (Fsp3) is 0.350. The number of hydrogen-bond donors (Lipinski definition) is 2. The topological polar surface area (TPSA) is 61.8 Å². The Bertz CT molecular complexity index is 732. The van der Waals surface area contributed by atoms with E-state index in [0.29, 0.717) is 18.7 Å². The molecule has 2 aromatic carbocycles. The maximum Gasteiger partial charge on any atom is 0.225 e. The van der Waals surface area contributed by atoms with Crippen LogP contribution in [0.5, 0.6) is 5.75 Å². The SMILES string of the molecule is COc1cccc(NC(=O)CCN2CCc3ccccc3C2CO)c1. The van der Waals surface area contributed by atoms with Crippen molar-refractivity contribution in [2.24, 2.45) is 0 Å². The molecule has 0 fully saturated rings. The van der Waals surface area contributed by atoms with Gasteiger partial charge in [0.2, 0.25) is 5.91 Å². The first-order valence-electron chi connectivity index (χ1n) is 8.58. The van der Waals surface area contributed by atoms with Crippen molar-refractivity contribution < 1.29 is 14.6 Å². The molecular weight excluding hydrogens is 316 g/mol. The zero-order chi connectivity index (χ0) is 17.6. The molecule has 25 heavy (non-hydrogen) atoms. The van der Waals surface area contributed by atoms with Crippen LogP contribution in [-0.2, 0) is 11.2 Å². The molecule has 1 heterocycles. The van der Waals surface area contributed by atoms with Crippen LogP contribution in [0.2, 0.25) is 0 Å². The quantitative estimate of drug-likeness (QED) is 0.849. The van der Waals surface area contributed by atoms with Gasteiger partial charge in [-0.3, -0.25) is 9.69 Å². The predicted molar refractivity (Wildman–Crippen MR) is 97.8 cm³/mol. The van der Waals surface area contributed by atoms with Crippen molar-refractivity contribution in [2.45, 2.75) is 18.9 Å². The molecule has 0 radical (unpaired) electrons. The molecule has 5 nitrogen and oxygen atoms in total. The number of ether oxygens (including phenoxy) is 1. The van der Waals surface area contributed by atoms with Crippen LogP contribution >= 0.6 is 0 Å². The molecule has 0 aromatic heterocycles. The Balaban J connectivity index is 1.58. The summed E-state index contributed by atoms with van der Waals surface area (Å²) in [4.78, 5) is 14.4. The van der Waals surface area contributed by atoms with E-state index >= 15 is 0 Å². The summed E-state index contributed by atoms with van der Waals surface area (Å²) < 4.78 is 5.17. The lowest BCUT2D eigenvalue weighted by molar-refractivity contribution is -0.116. The number of rotatable bonds is 6. The number of fused-ring (bicyclic) bond motifs is 1. The first-order chi connectivity index (χ1) is 12.2.